The number of hydrogen-bond acceptors (Lipinski definition) is 4. The molecule has 0 radical (unpaired) electrons. The molecular formula is C37H46N4O3. The molecule has 2 N–H and O–H groups in total. The van der Waals surface area contributed by atoms with Gasteiger partial charge in [-0.05, 0) is 99.7 Å². The van der Waals surface area contributed by atoms with Gasteiger partial charge in [0, 0.05) is 41.8 Å². The van der Waals surface area contributed by atoms with E-state index in [1.54, 1.807) is 6.26 Å². The van der Waals surface area contributed by atoms with Crippen molar-refractivity contribution in [2.75, 3.05) is 25.5 Å². The fourth-order valence-electron chi connectivity index (χ4n) is 7.95. The van der Waals surface area contributed by atoms with E-state index < -0.39 is 5.54 Å². The second-order valence-corrected chi connectivity index (χ2v) is 13.9. The van der Waals surface area contributed by atoms with Crippen LogP contribution in [0.25, 0.3) is 10.9 Å². The van der Waals surface area contributed by atoms with E-state index in [1.807, 2.05) is 30.9 Å². The first kappa shape index (κ1) is 30.2. The number of nitrogens with one attached hydrogen (secondary N) is 2. The molecule has 1 aliphatic heterocycles. The standard InChI is InChI=1S/C37H46N4O3/c1-23-19-24(2)34(25(3)20-23)39-35(43)37(14-16-40(7)17-15-37)41(22-27-11-10-18-44-27)31(42)21-29-33(36(29,5)6)32-26(4)38-30-13-9-8-12-28(30)32/h8-13,18-20,29,33,38H,14-17,21-22H2,1-7H3,(H,39,43)/t29-,33-/m1/s1. The summed E-state index contributed by atoms with van der Waals surface area (Å²) < 4.78 is 5.79. The van der Waals surface area contributed by atoms with Gasteiger partial charge in [-0.15, -0.1) is 0 Å². The van der Waals surface area contributed by atoms with Crippen LogP contribution in [0.4, 0.5) is 5.69 Å². The molecule has 44 heavy (non-hydrogen) atoms. The maximum absolute atomic E-state index is 14.7. The number of likely N-dealkylation sites (tertiary alicyclic amines) is 1. The summed E-state index contributed by atoms with van der Waals surface area (Å²) in [7, 11) is 2.08. The van der Waals surface area contributed by atoms with Crippen LogP contribution in [-0.2, 0) is 16.1 Å². The molecule has 2 amide bonds. The highest BCUT2D eigenvalue weighted by molar-refractivity contribution is 6.01. The van der Waals surface area contributed by atoms with Crippen molar-refractivity contribution in [1.29, 1.82) is 0 Å². The molecule has 1 aliphatic carbocycles. The van der Waals surface area contributed by atoms with Crippen molar-refractivity contribution in [1.82, 2.24) is 14.8 Å². The molecule has 2 aromatic heterocycles. The third kappa shape index (κ3) is 5.25. The topological polar surface area (TPSA) is 81.6 Å². The van der Waals surface area contributed by atoms with E-state index in [0.717, 1.165) is 41.0 Å². The number of nitrogens with zero attached hydrogens (tertiary/aromatic N) is 2. The van der Waals surface area contributed by atoms with E-state index in [2.05, 4.69) is 86.3 Å². The SMILES string of the molecule is Cc1cc(C)c(NC(=O)C2(N(Cc3ccco3)C(=O)C[C@@H]3[C@H](c4c(C)[nH]c5ccccc45)C3(C)C)CCN(C)CC2)c(C)c1. The fraction of sp³-hybridized carbons (Fsp3) is 0.459. The molecular weight excluding hydrogens is 548 g/mol. The van der Waals surface area contributed by atoms with Gasteiger partial charge in [-0.3, -0.25) is 9.59 Å². The van der Waals surface area contributed by atoms with Crippen LogP contribution < -0.4 is 5.32 Å². The molecule has 0 unspecified atom stereocenters. The predicted octanol–water partition coefficient (Wildman–Crippen LogP) is 7.26. The number of piperidine rings is 1. The van der Waals surface area contributed by atoms with Crippen LogP contribution in [0.15, 0.2) is 59.2 Å². The van der Waals surface area contributed by atoms with Crippen molar-refractivity contribution >= 4 is 28.4 Å². The van der Waals surface area contributed by atoms with Gasteiger partial charge in [0.05, 0.1) is 12.8 Å². The number of carbonyl (C=O) groups is 2. The number of amides is 2. The number of para-hydroxylation sites is 1. The monoisotopic (exact) mass is 594 g/mol. The average Bonchev–Trinajstić information content (AvgIpc) is 3.34. The lowest BCUT2D eigenvalue weighted by molar-refractivity contribution is -0.150. The maximum atomic E-state index is 14.7. The molecule has 2 atom stereocenters. The summed E-state index contributed by atoms with van der Waals surface area (Å²) in [6, 6.07) is 16.4. The Labute approximate surface area is 261 Å². The quantitative estimate of drug-likeness (QED) is 0.225. The zero-order valence-corrected chi connectivity index (χ0v) is 27.2. The van der Waals surface area contributed by atoms with Crippen LogP contribution >= 0.6 is 0 Å². The third-order valence-electron chi connectivity index (χ3n) is 10.6. The second-order valence-electron chi connectivity index (χ2n) is 13.9. The van der Waals surface area contributed by atoms with Crippen molar-refractivity contribution in [2.45, 2.75) is 78.8 Å². The van der Waals surface area contributed by atoms with E-state index in [0.29, 0.717) is 25.0 Å². The molecule has 4 aromatic rings. The average molecular weight is 595 g/mol. The molecule has 2 aliphatic rings. The Kier molecular flexibility index (Phi) is 7.73. The van der Waals surface area contributed by atoms with Crippen molar-refractivity contribution < 1.29 is 14.0 Å². The summed E-state index contributed by atoms with van der Waals surface area (Å²) in [5, 5.41) is 4.54. The molecule has 1 saturated carbocycles. The zero-order valence-electron chi connectivity index (χ0n) is 27.2. The lowest BCUT2D eigenvalue weighted by Crippen LogP contribution is -2.63. The van der Waals surface area contributed by atoms with Crippen LogP contribution in [0.5, 0.6) is 0 Å². The normalized spacial score (nSPS) is 20.9. The molecule has 1 saturated heterocycles. The van der Waals surface area contributed by atoms with E-state index in [1.165, 1.54) is 16.6 Å². The van der Waals surface area contributed by atoms with E-state index in [4.69, 9.17) is 4.42 Å². The number of aromatic amines is 1. The number of aromatic nitrogens is 1. The number of anilines is 1. The number of hydrogen-bond donors (Lipinski definition) is 2. The highest BCUT2D eigenvalue weighted by Crippen LogP contribution is 2.67. The molecule has 3 heterocycles. The number of rotatable bonds is 8. The van der Waals surface area contributed by atoms with Gasteiger partial charge in [0.1, 0.15) is 11.3 Å². The number of carbonyl (C=O) groups excluding carboxylic acids is 2. The minimum Gasteiger partial charge on any atom is -0.467 e. The number of H-pyrrole nitrogens is 1. The van der Waals surface area contributed by atoms with Gasteiger partial charge >= 0.3 is 0 Å². The van der Waals surface area contributed by atoms with Gasteiger partial charge in [-0.1, -0.05) is 49.7 Å². The Balaban J connectivity index is 1.35. The van der Waals surface area contributed by atoms with Gasteiger partial charge in [0.25, 0.3) is 0 Å². The Hall–Kier alpha value is -3.84. The van der Waals surface area contributed by atoms with Gasteiger partial charge in [0.2, 0.25) is 11.8 Å². The van der Waals surface area contributed by atoms with E-state index in [-0.39, 0.29) is 35.6 Å². The van der Waals surface area contributed by atoms with Crippen LogP contribution in [0.3, 0.4) is 0 Å². The van der Waals surface area contributed by atoms with Crippen molar-refractivity contribution in [3.63, 3.8) is 0 Å². The van der Waals surface area contributed by atoms with Gasteiger partial charge in [-0.25, -0.2) is 0 Å². The summed E-state index contributed by atoms with van der Waals surface area (Å²) in [6.07, 6.45) is 3.14. The minimum absolute atomic E-state index is 0.0107. The first-order valence-corrected chi connectivity index (χ1v) is 15.9. The lowest BCUT2D eigenvalue weighted by Gasteiger charge is -2.47. The number of fused-ring (bicyclic) bond motifs is 1. The molecule has 2 aromatic carbocycles. The van der Waals surface area contributed by atoms with E-state index in [9.17, 15) is 9.59 Å². The summed E-state index contributed by atoms with van der Waals surface area (Å²) >= 11 is 0. The molecule has 0 bridgehead atoms. The molecule has 7 heteroatoms. The van der Waals surface area contributed by atoms with Gasteiger partial charge in [-0.2, -0.15) is 0 Å². The number of aryl methyl sites for hydroxylation is 4. The summed E-state index contributed by atoms with van der Waals surface area (Å²) in [4.78, 5) is 36.9. The number of benzene rings is 2. The maximum Gasteiger partial charge on any atom is 0.250 e. The smallest absolute Gasteiger partial charge is 0.250 e. The van der Waals surface area contributed by atoms with Gasteiger partial charge < -0.3 is 24.5 Å². The molecule has 6 rings (SSSR count). The highest BCUT2D eigenvalue weighted by atomic mass is 16.3. The summed E-state index contributed by atoms with van der Waals surface area (Å²) in [5.74, 6) is 1.01. The lowest BCUT2D eigenvalue weighted by atomic mass is 9.83. The predicted molar refractivity (Wildman–Crippen MR) is 176 cm³/mol. The molecule has 232 valence electrons. The Morgan fingerprint density at radius 2 is 1.70 bits per heavy atom. The zero-order chi connectivity index (χ0) is 31.4. The van der Waals surface area contributed by atoms with Crippen molar-refractivity contribution in [3.8, 4) is 0 Å². The Morgan fingerprint density at radius 3 is 2.36 bits per heavy atom. The van der Waals surface area contributed by atoms with E-state index >= 15 is 0 Å². The van der Waals surface area contributed by atoms with Crippen LogP contribution in [0.1, 0.15) is 72.7 Å². The first-order valence-electron chi connectivity index (χ1n) is 15.9. The van der Waals surface area contributed by atoms with Crippen molar-refractivity contribution in [2.24, 2.45) is 11.3 Å². The Bertz CT molecular complexity index is 1670. The fourth-order valence-corrected chi connectivity index (χ4v) is 7.95. The van der Waals surface area contributed by atoms with Crippen LogP contribution in [-0.4, -0.2) is 52.3 Å². The highest BCUT2D eigenvalue weighted by Gasteiger charge is 2.61. The number of furan rings is 1. The third-order valence-corrected chi connectivity index (χ3v) is 10.6. The molecule has 2 fully saturated rings. The molecule has 0 spiro atoms. The van der Waals surface area contributed by atoms with Crippen molar-refractivity contribution in [3.05, 3.63) is 88.5 Å². The summed E-state index contributed by atoms with van der Waals surface area (Å²) in [6.45, 7) is 14.5. The summed E-state index contributed by atoms with van der Waals surface area (Å²) in [5.41, 5.74) is 6.64. The van der Waals surface area contributed by atoms with Crippen LogP contribution in [0, 0.1) is 39.0 Å². The largest absolute Gasteiger partial charge is 0.467 e. The molecule has 7 nitrogen and oxygen atoms in total. The minimum atomic E-state index is -0.995. The Morgan fingerprint density at radius 1 is 1.02 bits per heavy atom. The first-order chi connectivity index (χ1) is 20.9. The van der Waals surface area contributed by atoms with Gasteiger partial charge in [0.15, 0.2) is 0 Å². The van der Waals surface area contributed by atoms with Crippen LogP contribution in [0.2, 0.25) is 0 Å². The second kappa shape index (κ2) is 11.3.